The standard InChI is InChI=1S/C14H26N4OS/c1-10(2)19-12-13(15)17-20-14(12)16-11(3)9-18-7-5-4-6-8-18/h10-11,16H,4-9H2,1-3H3,(H2,15,17). The van der Waals surface area contributed by atoms with Crippen LogP contribution in [-0.4, -0.2) is 41.1 Å². The summed E-state index contributed by atoms with van der Waals surface area (Å²) in [6, 6.07) is 0.363. The first kappa shape index (κ1) is 15.4. The first-order valence-electron chi connectivity index (χ1n) is 7.47. The summed E-state index contributed by atoms with van der Waals surface area (Å²) in [7, 11) is 0. The maximum absolute atomic E-state index is 5.87. The van der Waals surface area contributed by atoms with E-state index in [1.54, 1.807) is 0 Å². The maximum atomic E-state index is 5.87. The molecule has 1 aromatic heterocycles. The number of rotatable bonds is 6. The lowest BCUT2D eigenvalue weighted by molar-refractivity contribution is 0.222. The number of aromatic nitrogens is 1. The van der Waals surface area contributed by atoms with Crippen LogP contribution >= 0.6 is 11.5 Å². The Hall–Kier alpha value is -1.01. The van der Waals surface area contributed by atoms with Crippen LogP contribution in [0.25, 0.3) is 0 Å². The third kappa shape index (κ3) is 4.24. The molecule has 0 bridgehead atoms. The Kier molecular flexibility index (Phi) is 5.48. The number of ether oxygens (including phenoxy) is 1. The molecule has 0 radical (unpaired) electrons. The fourth-order valence-electron chi connectivity index (χ4n) is 2.53. The number of nitrogens with zero attached hydrogens (tertiary/aromatic N) is 2. The number of likely N-dealkylation sites (tertiary alicyclic amines) is 1. The molecular weight excluding hydrogens is 272 g/mol. The smallest absolute Gasteiger partial charge is 0.197 e. The zero-order chi connectivity index (χ0) is 14.5. The fraction of sp³-hybridized carbons (Fsp3) is 0.786. The highest BCUT2D eigenvalue weighted by Crippen LogP contribution is 2.36. The highest BCUT2D eigenvalue weighted by Gasteiger charge is 2.18. The van der Waals surface area contributed by atoms with Crippen LogP contribution in [0, 0.1) is 0 Å². The molecule has 5 nitrogen and oxygen atoms in total. The molecule has 2 rings (SSSR count). The second kappa shape index (κ2) is 7.13. The minimum absolute atomic E-state index is 0.103. The highest BCUT2D eigenvalue weighted by molar-refractivity contribution is 7.11. The number of piperidine rings is 1. The summed E-state index contributed by atoms with van der Waals surface area (Å²) in [5, 5.41) is 4.44. The second-order valence-electron chi connectivity index (χ2n) is 5.80. The molecule has 0 amide bonds. The zero-order valence-electron chi connectivity index (χ0n) is 12.7. The summed E-state index contributed by atoms with van der Waals surface area (Å²) >= 11 is 1.38. The molecule has 114 valence electrons. The number of hydrogen-bond acceptors (Lipinski definition) is 6. The molecule has 2 heterocycles. The van der Waals surface area contributed by atoms with Crippen LogP contribution < -0.4 is 15.8 Å². The predicted octanol–water partition coefficient (Wildman–Crippen LogP) is 2.80. The van der Waals surface area contributed by atoms with E-state index < -0.39 is 0 Å². The van der Waals surface area contributed by atoms with Gasteiger partial charge in [-0.2, -0.15) is 4.37 Å². The lowest BCUT2D eigenvalue weighted by atomic mass is 10.1. The van der Waals surface area contributed by atoms with Crippen molar-refractivity contribution >= 4 is 22.4 Å². The number of hydrogen-bond donors (Lipinski definition) is 2. The Morgan fingerprint density at radius 1 is 1.30 bits per heavy atom. The molecule has 20 heavy (non-hydrogen) atoms. The Morgan fingerprint density at radius 3 is 2.65 bits per heavy atom. The number of nitrogens with one attached hydrogen (secondary N) is 1. The molecule has 0 saturated carbocycles. The first-order valence-corrected chi connectivity index (χ1v) is 8.24. The van der Waals surface area contributed by atoms with Gasteiger partial charge in [0.2, 0.25) is 0 Å². The van der Waals surface area contributed by atoms with Crippen LogP contribution in [0.2, 0.25) is 0 Å². The largest absolute Gasteiger partial charge is 0.484 e. The highest BCUT2D eigenvalue weighted by atomic mass is 32.1. The van der Waals surface area contributed by atoms with Crippen molar-refractivity contribution in [2.45, 2.75) is 52.2 Å². The van der Waals surface area contributed by atoms with E-state index >= 15 is 0 Å². The third-order valence-electron chi connectivity index (χ3n) is 3.39. The van der Waals surface area contributed by atoms with Gasteiger partial charge in [0.15, 0.2) is 16.6 Å². The summed E-state index contributed by atoms with van der Waals surface area (Å²) in [5.74, 6) is 1.19. The molecule has 0 aromatic carbocycles. The van der Waals surface area contributed by atoms with E-state index in [4.69, 9.17) is 10.5 Å². The topological polar surface area (TPSA) is 63.4 Å². The van der Waals surface area contributed by atoms with E-state index in [1.807, 2.05) is 13.8 Å². The lowest BCUT2D eigenvalue weighted by Gasteiger charge is -2.29. The Morgan fingerprint density at radius 2 is 2.00 bits per heavy atom. The normalized spacial score (nSPS) is 18.2. The first-order chi connectivity index (χ1) is 9.56. The average molecular weight is 298 g/mol. The molecular formula is C14H26N4OS. The van der Waals surface area contributed by atoms with E-state index in [0.717, 1.165) is 11.5 Å². The van der Waals surface area contributed by atoms with E-state index in [9.17, 15) is 0 Å². The molecule has 1 aliphatic heterocycles. The number of nitrogens with two attached hydrogens (primary N) is 1. The molecule has 1 aliphatic rings. The van der Waals surface area contributed by atoms with Gasteiger partial charge >= 0.3 is 0 Å². The van der Waals surface area contributed by atoms with Gasteiger partial charge in [0.25, 0.3) is 0 Å². The molecule has 1 atom stereocenters. The minimum atomic E-state index is 0.103. The van der Waals surface area contributed by atoms with E-state index in [2.05, 4.69) is 21.5 Å². The van der Waals surface area contributed by atoms with Gasteiger partial charge in [-0.1, -0.05) is 6.42 Å². The SMILES string of the molecule is CC(CN1CCCCC1)Nc1snc(N)c1OC(C)C. The van der Waals surface area contributed by atoms with Crippen molar-refractivity contribution in [1.82, 2.24) is 9.27 Å². The molecule has 0 aliphatic carbocycles. The van der Waals surface area contributed by atoms with Gasteiger partial charge in [0.1, 0.15) is 0 Å². The van der Waals surface area contributed by atoms with Crippen molar-refractivity contribution in [2.24, 2.45) is 0 Å². The maximum Gasteiger partial charge on any atom is 0.197 e. The zero-order valence-corrected chi connectivity index (χ0v) is 13.5. The predicted molar refractivity (Wildman–Crippen MR) is 85.7 cm³/mol. The summed E-state index contributed by atoms with van der Waals surface area (Å²) in [4.78, 5) is 2.52. The van der Waals surface area contributed by atoms with Gasteiger partial charge in [-0.25, -0.2) is 0 Å². The van der Waals surface area contributed by atoms with Crippen LogP contribution in [0.3, 0.4) is 0 Å². The van der Waals surface area contributed by atoms with Crippen LogP contribution in [0.5, 0.6) is 5.75 Å². The second-order valence-corrected chi connectivity index (χ2v) is 6.57. The van der Waals surface area contributed by atoms with Gasteiger partial charge in [0, 0.05) is 12.6 Å². The quantitative estimate of drug-likeness (QED) is 0.845. The summed E-state index contributed by atoms with van der Waals surface area (Å²) < 4.78 is 9.94. The van der Waals surface area contributed by atoms with Crippen molar-refractivity contribution in [3.63, 3.8) is 0 Å². The summed E-state index contributed by atoms with van der Waals surface area (Å²) in [5.41, 5.74) is 5.87. The molecule has 1 saturated heterocycles. The Labute approximate surface area is 125 Å². The Bertz CT molecular complexity index is 415. The molecule has 0 spiro atoms. The van der Waals surface area contributed by atoms with E-state index in [-0.39, 0.29) is 6.10 Å². The van der Waals surface area contributed by atoms with Crippen molar-refractivity contribution in [2.75, 3.05) is 30.7 Å². The average Bonchev–Trinajstić information content (AvgIpc) is 2.72. The third-order valence-corrected chi connectivity index (χ3v) is 4.16. The van der Waals surface area contributed by atoms with Crippen LogP contribution in [-0.2, 0) is 0 Å². The van der Waals surface area contributed by atoms with Crippen LogP contribution in [0.4, 0.5) is 10.8 Å². The van der Waals surface area contributed by atoms with Crippen molar-refractivity contribution < 1.29 is 4.74 Å². The molecule has 1 aromatic rings. The van der Waals surface area contributed by atoms with E-state index in [0.29, 0.717) is 17.6 Å². The van der Waals surface area contributed by atoms with Crippen LogP contribution in [0.1, 0.15) is 40.0 Å². The van der Waals surface area contributed by atoms with Crippen molar-refractivity contribution in [3.05, 3.63) is 0 Å². The molecule has 1 fully saturated rings. The van der Waals surface area contributed by atoms with Crippen molar-refractivity contribution in [3.8, 4) is 5.75 Å². The van der Waals surface area contributed by atoms with Gasteiger partial charge in [0.05, 0.1) is 6.10 Å². The minimum Gasteiger partial charge on any atom is -0.484 e. The van der Waals surface area contributed by atoms with Crippen LogP contribution in [0.15, 0.2) is 0 Å². The van der Waals surface area contributed by atoms with Gasteiger partial charge in [-0.05, 0) is 58.2 Å². The van der Waals surface area contributed by atoms with Gasteiger partial charge in [-0.15, -0.1) is 0 Å². The molecule has 6 heteroatoms. The molecule has 1 unspecified atom stereocenters. The summed E-state index contributed by atoms with van der Waals surface area (Å²) in [6.45, 7) is 9.68. The molecule has 3 N–H and O–H groups in total. The van der Waals surface area contributed by atoms with Gasteiger partial charge < -0.3 is 20.7 Å². The van der Waals surface area contributed by atoms with Gasteiger partial charge in [-0.3, -0.25) is 0 Å². The number of nitrogen functional groups attached to an aromatic ring is 1. The van der Waals surface area contributed by atoms with Crippen molar-refractivity contribution in [1.29, 1.82) is 0 Å². The lowest BCUT2D eigenvalue weighted by Crippen LogP contribution is -2.38. The number of anilines is 2. The van der Waals surface area contributed by atoms with E-state index in [1.165, 1.54) is 43.9 Å². The summed E-state index contributed by atoms with van der Waals surface area (Å²) in [6.07, 6.45) is 4.12. The fourth-order valence-corrected chi connectivity index (χ4v) is 3.30. The monoisotopic (exact) mass is 298 g/mol. The Balaban J connectivity index is 1.91.